The maximum Gasteiger partial charge on any atom is 0.305 e. The summed E-state index contributed by atoms with van der Waals surface area (Å²) in [6, 6.07) is 0. The van der Waals surface area contributed by atoms with Crippen molar-refractivity contribution in [3.05, 3.63) is 0 Å². The summed E-state index contributed by atoms with van der Waals surface area (Å²) in [6.45, 7) is 7.64. The largest absolute Gasteiger partial charge is 0.481 e. The predicted octanol–water partition coefficient (Wildman–Crippen LogP) is 1.76. The molecule has 5 heteroatoms. The van der Waals surface area contributed by atoms with Crippen LogP contribution >= 0.6 is 0 Å². The normalized spacial score (nSPS) is 18.7. The van der Waals surface area contributed by atoms with Gasteiger partial charge < -0.3 is 19.5 Å². The predicted molar refractivity (Wildman–Crippen MR) is 73.4 cm³/mol. The Morgan fingerprint density at radius 3 is 2.53 bits per heavy atom. The summed E-state index contributed by atoms with van der Waals surface area (Å²) >= 11 is 0. The van der Waals surface area contributed by atoms with E-state index in [1.807, 2.05) is 0 Å². The Hall–Kier alpha value is -0.650. The summed E-state index contributed by atoms with van der Waals surface area (Å²) < 4.78 is 11.0. The third-order valence-electron chi connectivity index (χ3n) is 3.79. The van der Waals surface area contributed by atoms with Crippen LogP contribution in [0.4, 0.5) is 0 Å². The molecule has 1 saturated heterocycles. The fourth-order valence-corrected chi connectivity index (χ4v) is 2.14. The second kappa shape index (κ2) is 7.82. The molecule has 0 aromatic carbocycles. The van der Waals surface area contributed by atoms with E-state index in [0.29, 0.717) is 6.61 Å². The lowest BCUT2D eigenvalue weighted by molar-refractivity contribution is -0.138. The van der Waals surface area contributed by atoms with Crippen LogP contribution in [0.1, 0.15) is 39.5 Å². The Kier molecular flexibility index (Phi) is 6.75. The number of methoxy groups -OCH3 is 1. The van der Waals surface area contributed by atoms with Gasteiger partial charge in [0.2, 0.25) is 0 Å². The van der Waals surface area contributed by atoms with Crippen molar-refractivity contribution in [3.63, 3.8) is 0 Å². The molecular formula is C14H27NO4. The standard InChI is InChI=1S/C14H27NO4/c1-14(2,18-3)7-10-15-8-4-12(5-9-15)19-11-6-13(16)17/h12H,4-11H2,1-3H3,(H,16,17). The molecule has 1 aliphatic heterocycles. The fourth-order valence-electron chi connectivity index (χ4n) is 2.14. The number of hydrogen-bond acceptors (Lipinski definition) is 4. The zero-order valence-corrected chi connectivity index (χ0v) is 12.4. The van der Waals surface area contributed by atoms with Crippen molar-refractivity contribution in [1.29, 1.82) is 0 Å². The van der Waals surface area contributed by atoms with Crippen LogP contribution in [-0.2, 0) is 14.3 Å². The number of hydrogen-bond donors (Lipinski definition) is 1. The van der Waals surface area contributed by atoms with Crippen molar-refractivity contribution < 1.29 is 19.4 Å². The van der Waals surface area contributed by atoms with E-state index in [-0.39, 0.29) is 18.1 Å². The van der Waals surface area contributed by atoms with Gasteiger partial charge in [0.25, 0.3) is 0 Å². The first-order chi connectivity index (χ1) is 8.93. The highest BCUT2D eigenvalue weighted by molar-refractivity contribution is 5.66. The number of piperidine rings is 1. The van der Waals surface area contributed by atoms with Crippen LogP contribution in [0.25, 0.3) is 0 Å². The molecule has 0 aliphatic carbocycles. The van der Waals surface area contributed by atoms with Crippen LogP contribution in [0.5, 0.6) is 0 Å². The smallest absolute Gasteiger partial charge is 0.305 e. The number of aliphatic carboxylic acids is 1. The molecule has 1 rings (SSSR count). The summed E-state index contributed by atoms with van der Waals surface area (Å²) in [7, 11) is 1.75. The van der Waals surface area contributed by atoms with E-state index in [1.165, 1.54) is 0 Å². The Morgan fingerprint density at radius 2 is 2.00 bits per heavy atom. The highest BCUT2D eigenvalue weighted by Crippen LogP contribution is 2.18. The van der Waals surface area contributed by atoms with Gasteiger partial charge in [-0.25, -0.2) is 0 Å². The third kappa shape index (κ3) is 6.89. The van der Waals surface area contributed by atoms with E-state index < -0.39 is 5.97 Å². The first-order valence-corrected chi connectivity index (χ1v) is 7.04. The van der Waals surface area contributed by atoms with Gasteiger partial charge in [-0.05, 0) is 33.1 Å². The van der Waals surface area contributed by atoms with Gasteiger partial charge in [0.15, 0.2) is 0 Å². The average Bonchev–Trinajstić information content (AvgIpc) is 2.37. The van der Waals surface area contributed by atoms with E-state index in [0.717, 1.165) is 38.9 Å². The van der Waals surface area contributed by atoms with Gasteiger partial charge in [0.1, 0.15) is 0 Å². The summed E-state index contributed by atoms with van der Waals surface area (Å²) in [4.78, 5) is 12.8. The van der Waals surface area contributed by atoms with Crippen LogP contribution in [0.15, 0.2) is 0 Å². The van der Waals surface area contributed by atoms with E-state index in [2.05, 4.69) is 18.7 Å². The van der Waals surface area contributed by atoms with Crippen molar-refractivity contribution >= 4 is 5.97 Å². The third-order valence-corrected chi connectivity index (χ3v) is 3.79. The van der Waals surface area contributed by atoms with Crippen LogP contribution in [0.2, 0.25) is 0 Å². The molecule has 0 bridgehead atoms. The highest BCUT2D eigenvalue weighted by Gasteiger charge is 2.22. The number of carboxylic acids is 1. The average molecular weight is 273 g/mol. The Labute approximate surface area is 115 Å². The van der Waals surface area contributed by atoms with Crippen molar-refractivity contribution in [2.24, 2.45) is 0 Å². The molecule has 19 heavy (non-hydrogen) atoms. The second-order valence-corrected chi connectivity index (χ2v) is 5.77. The van der Waals surface area contributed by atoms with Crippen LogP contribution in [0.3, 0.4) is 0 Å². The fraction of sp³-hybridized carbons (Fsp3) is 0.929. The molecule has 0 atom stereocenters. The van der Waals surface area contributed by atoms with E-state index in [9.17, 15) is 4.79 Å². The molecule has 0 radical (unpaired) electrons. The van der Waals surface area contributed by atoms with Gasteiger partial charge in [-0.3, -0.25) is 4.79 Å². The molecule has 1 aliphatic rings. The Balaban J connectivity index is 2.13. The van der Waals surface area contributed by atoms with E-state index in [1.54, 1.807) is 7.11 Å². The molecule has 0 aromatic rings. The lowest BCUT2D eigenvalue weighted by Crippen LogP contribution is -2.40. The molecule has 0 saturated carbocycles. The van der Waals surface area contributed by atoms with E-state index in [4.69, 9.17) is 14.6 Å². The number of carbonyl (C=O) groups is 1. The second-order valence-electron chi connectivity index (χ2n) is 5.77. The van der Waals surface area contributed by atoms with Crippen molar-refractivity contribution in [1.82, 2.24) is 4.90 Å². The van der Waals surface area contributed by atoms with Gasteiger partial charge in [-0.15, -0.1) is 0 Å². The number of nitrogens with zero attached hydrogens (tertiary/aromatic N) is 1. The molecule has 5 nitrogen and oxygen atoms in total. The molecule has 0 spiro atoms. The Morgan fingerprint density at radius 1 is 1.37 bits per heavy atom. The van der Waals surface area contributed by atoms with Crippen molar-refractivity contribution in [3.8, 4) is 0 Å². The highest BCUT2D eigenvalue weighted by atomic mass is 16.5. The molecule has 0 aromatic heterocycles. The molecule has 1 heterocycles. The number of carboxylic acid groups (broad SMARTS) is 1. The lowest BCUT2D eigenvalue weighted by atomic mass is 10.0. The summed E-state index contributed by atoms with van der Waals surface area (Å²) in [5, 5.41) is 8.55. The molecular weight excluding hydrogens is 246 g/mol. The minimum atomic E-state index is -0.792. The minimum absolute atomic E-state index is 0.0607. The number of rotatable bonds is 8. The van der Waals surface area contributed by atoms with Crippen LogP contribution < -0.4 is 0 Å². The van der Waals surface area contributed by atoms with Gasteiger partial charge >= 0.3 is 5.97 Å². The quantitative estimate of drug-likeness (QED) is 0.730. The zero-order chi connectivity index (χ0) is 14.3. The summed E-state index contributed by atoms with van der Waals surface area (Å²) in [5.41, 5.74) is -0.0607. The van der Waals surface area contributed by atoms with Gasteiger partial charge in [-0.1, -0.05) is 0 Å². The zero-order valence-electron chi connectivity index (χ0n) is 12.4. The molecule has 0 unspecified atom stereocenters. The maximum atomic E-state index is 10.4. The van der Waals surface area contributed by atoms with E-state index >= 15 is 0 Å². The molecule has 0 amide bonds. The Bertz CT molecular complexity index is 273. The first kappa shape index (κ1) is 16.4. The van der Waals surface area contributed by atoms with Crippen LogP contribution in [-0.4, -0.2) is 61.0 Å². The molecule has 1 N–H and O–H groups in total. The van der Waals surface area contributed by atoms with Gasteiger partial charge in [0, 0.05) is 26.7 Å². The molecule has 112 valence electrons. The SMILES string of the molecule is COC(C)(C)CCN1CCC(OCCC(=O)O)CC1. The summed E-state index contributed by atoms with van der Waals surface area (Å²) in [6.07, 6.45) is 3.34. The van der Waals surface area contributed by atoms with Gasteiger partial charge in [0.05, 0.1) is 24.7 Å². The summed E-state index contributed by atoms with van der Waals surface area (Å²) in [5.74, 6) is -0.792. The number of likely N-dealkylation sites (tertiary alicyclic amines) is 1. The lowest BCUT2D eigenvalue weighted by Gasteiger charge is -2.34. The maximum absolute atomic E-state index is 10.4. The van der Waals surface area contributed by atoms with Crippen molar-refractivity contribution in [2.75, 3.05) is 33.4 Å². The number of ether oxygens (including phenoxy) is 2. The molecule has 1 fully saturated rings. The topological polar surface area (TPSA) is 59.0 Å². The minimum Gasteiger partial charge on any atom is -0.481 e. The monoisotopic (exact) mass is 273 g/mol. The van der Waals surface area contributed by atoms with Crippen molar-refractivity contribution in [2.45, 2.75) is 51.2 Å². The first-order valence-electron chi connectivity index (χ1n) is 7.04. The van der Waals surface area contributed by atoms with Gasteiger partial charge in [-0.2, -0.15) is 0 Å². The van der Waals surface area contributed by atoms with Crippen LogP contribution in [0, 0.1) is 0 Å².